The standard InChI is InChI=1S/C20H20F3N5O2S/c21-20(22,23)15-3-5-25-18(27-15)16(17(24)29)19-26-13-2-1-12(11-14(13)31-19)4-6-28-7-9-30-10-8-28/h1-3,5,11,16H,4,6-10H2,(H2,24,29). The Kier molecular flexibility index (Phi) is 6.17. The van der Waals surface area contributed by atoms with Crippen molar-refractivity contribution in [3.8, 4) is 0 Å². The van der Waals surface area contributed by atoms with Crippen LogP contribution in [0.3, 0.4) is 0 Å². The fraction of sp³-hybridized carbons (Fsp3) is 0.400. The van der Waals surface area contributed by atoms with Crippen LogP contribution in [0.1, 0.15) is 28.0 Å². The number of carbonyl (C=O) groups is 1. The number of primary amides is 1. The number of thiazole rings is 1. The zero-order chi connectivity index (χ0) is 22.0. The number of hydrogen-bond donors (Lipinski definition) is 1. The van der Waals surface area contributed by atoms with E-state index in [1.54, 1.807) is 0 Å². The molecule has 0 aliphatic carbocycles. The number of aromatic nitrogens is 3. The second-order valence-corrected chi connectivity index (χ2v) is 8.25. The van der Waals surface area contributed by atoms with Gasteiger partial charge in [-0.2, -0.15) is 13.2 Å². The monoisotopic (exact) mass is 451 g/mol. The van der Waals surface area contributed by atoms with Crippen molar-refractivity contribution in [2.24, 2.45) is 5.73 Å². The molecule has 31 heavy (non-hydrogen) atoms. The van der Waals surface area contributed by atoms with Crippen molar-refractivity contribution in [2.75, 3.05) is 32.8 Å². The van der Waals surface area contributed by atoms with E-state index in [1.165, 1.54) is 11.3 Å². The van der Waals surface area contributed by atoms with Gasteiger partial charge in [0.15, 0.2) is 0 Å². The number of ether oxygens (including phenoxy) is 1. The number of morpholine rings is 1. The molecular formula is C20H20F3N5O2S. The average molecular weight is 451 g/mol. The van der Waals surface area contributed by atoms with Gasteiger partial charge in [-0.15, -0.1) is 11.3 Å². The Labute approximate surface area is 180 Å². The molecule has 1 aromatic carbocycles. The lowest BCUT2D eigenvalue weighted by molar-refractivity contribution is -0.141. The second-order valence-electron chi connectivity index (χ2n) is 7.19. The van der Waals surface area contributed by atoms with E-state index in [0.717, 1.165) is 61.8 Å². The number of carbonyl (C=O) groups excluding carboxylic acids is 1. The Morgan fingerprint density at radius 1 is 1.23 bits per heavy atom. The Hall–Kier alpha value is -2.63. The molecule has 0 bridgehead atoms. The number of alkyl halides is 3. The highest BCUT2D eigenvalue weighted by Gasteiger charge is 2.35. The van der Waals surface area contributed by atoms with E-state index >= 15 is 0 Å². The number of hydrogen-bond acceptors (Lipinski definition) is 7. The van der Waals surface area contributed by atoms with Crippen LogP contribution in [-0.2, 0) is 22.1 Å². The first-order chi connectivity index (χ1) is 14.8. The molecule has 0 spiro atoms. The molecule has 1 atom stereocenters. The summed E-state index contributed by atoms with van der Waals surface area (Å²) in [5.74, 6) is -2.42. The molecule has 0 radical (unpaired) electrons. The molecule has 7 nitrogen and oxygen atoms in total. The topological polar surface area (TPSA) is 94.2 Å². The highest BCUT2D eigenvalue weighted by atomic mass is 32.1. The summed E-state index contributed by atoms with van der Waals surface area (Å²) in [6.07, 6.45) is -2.83. The van der Waals surface area contributed by atoms with Crippen LogP contribution in [0, 0.1) is 0 Å². The second kappa shape index (κ2) is 8.85. The van der Waals surface area contributed by atoms with Crippen LogP contribution in [0.5, 0.6) is 0 Å². The van der Waals surface area contributed by atoms with Crippen molar-refractivity contribution < 1.29 is 22.7 Å². The molecule has 1 saturated heterocycles. The fourth-order valence-electron chi connectivity index (χ4n) is 3.41. The molecule has 3 aromatic rings. The molecule has 11 heteroatoms. The van der Waals surface area contributed by atoms with Gasteiger partial charge in [0.25, 0.3) is 0 Å². The van der Waals surface area contributed by atoms with Gasteiger partial charge in [0.05, 0.1) is 23.4 Å². The Balaban J connectivity index is 1.59. The van der Waals surface area contributed by atoms with Crippen molar-refractivity contribution >= 4 is 27.5 Å². The lowest BCUT2D eigenvalue weighted by Gasteiger charge is -2.26. The maximum Gasteiger partial charge on any atom is 0.433 e. The van der Waals surface area contributed by atoms with Crippen molar-refractivity contribution in [3.63, 3.8) is 0 Å². The van der Waals surface area contributed by atoms with E-state index in [1.807, 2.05) is 18.2 Å². The van der Waals surface area contributed by atoms with Gasteiger partial charge in [-0.25, -0.2) is 15.0 Å². The fourth-order valence-corrected chi connectivity index (χ4v) is 4.55. The maximum atomic E-state index is 13.0. The summed E-state index contributed by atoms with van der Waals surface area (Å²) in [5.41, 5.74) is 6.12. The highest BCUT2D eigenvalue weighted by Crippen LogP contribution is 2.33. The first kappa shape index (κ1) is 21.6. The molecule has 1 aliphatic heterocycles. The normalized spacial score (nSPS) is 16.5. The summed E-state index contributed by atoms with van der Waals surface area (Å²) in [4.78, 5) is 26.2. The minimum absolute atomic E-state index is 0.271. The SMILES string of the molecule is NC(=O)C(c1nccc(C(F)(F)F)n1)c1nc2ccc(CCN3CCOCC3)cc2s1. The number of benzene rings is 1. The van der Waals surface area contributed by atoms with E-state index in [-0.39, 0.29) is 10.8 Å². The third kappa shape index (κ3) is 5.00. The van der Waals surface area contributed by atoms with Gasteiger partial charge in [0.2, 0.25) is 5.91 Å². The third-order valence-electron chi connectivity index (χ3n) is 5.04. The van der Waals surface area contributed by atoms with Gasteiger partial charge in [0.1, 0.15) is 22.4 Å². The lowest BCUT2D eigenvalue weighted by Crippen LogP contribution is -2.37. The van der Waals surface area contributed by atoms with Crippen molar-refractivity contribution in [3.05, 3.63) is 52.6 Å². The van der Waals surface area contributed by atoms with E-state index in [2.05, 4.69) is 19.9 Å². The number of nitrogens with two attached hydrogens (primary N) is 1. The molecule has 1 fully saturated rings. The van der Waals surface area contributed by atoms with Crippen molar-refractivity contribution in [1.82, 2.24) is 19.9 Å². The first-order valence-corrected chi connectivity index (χ1v) is 10.5. The summed E-state index contributed by atoms with van der Waals surface area (Å²) in [7, 11) is 0. The number of nitrogens with zero attached hydrogens (tertiary/aromatic N) is 4. The quantitative estimate of drug-likeness (QED) is 0.619. The van der Waals surface area contributed by atoms with Crippen LogP contribution in [0.2, 0.25) is 0 Å². The molecule has 1 unspecified atom stereocenters. The smallest absolute Gasteiger partial charge is 0.379 e. The van der Waals surface area contributed by atoms with Gasteiger partial charge in [-0.05, 0) is 30.2 Å². The largest absolute Gasteiger partial charge is 0.433 e. The predicted molar refractivity (Wildman–Crippen MR) is 109 cm³/mol. The highest BCUT2D eigenvalue weighted by molar-refractivity contribution is 7.18. The summed E-state index contributed by atoms with van der Waals surface area (Å²) in [6.45, 7) is 4.20. The summed E-state index contributed by atoms with van der Waals surface area (Å²) >= 11 is 1.21. The molecule has 2 aromatic heterocycles. The van der Waals surface area contributed by atoms with Gasteiger partial charge in [0, 0.05) is 25.8 Å². The molecule has 4 rings (SSSR count). The van der Waals surface area contributed by atoms with Crippen LogP contribution in [-0.4, -0.2) is 58.6 Å². The molecule has 3 heterocycles. The number of amides is 1. The zero-order valence-electron chi connectivity index (χ0n) is 16.4. The number of fused-ring (bicyclic) bond motifs is 1. The molecule has 1 amide bonds. The Morgan fingerprint density at radius 2 is 2.00 bits per heavy atom. The third-order valence-corrected chi connectivity index (χ3v) is 6.13. The summed E-state index contributed by atoms with van der Waals surface area (Å²) in [5, 5.41) is 0.271. The summed E-state index contributed by atoms with van der Waals surface area (Å²) < 4.78 is 45.3. The van der Waals surface area contributed by atoms with E-state index < -0.39 is 23.7 Å². The average Bonchev–Trinajstić information content (AvgIpc) is 3.15. The molecule has 2 N–H and O–H groups in total. The van der Waals surface area contributed by atoms with Crippen LogP contribution in [0.15, 0.2) is 30.5 Å². The molecule has 164 valence electrons. The van der Waals surface area contributed by atoms with E-state index in [4.69, 9.17) is 10.5 Å². The van der Waals surface area contributed by atoms with E-state index in [0.29, 0.717) is 5.52 Å². The van der Waals surface area contributed by atoms with Crippen LogP contribution >= 0.6 is 11.3 Å². The molecule has 0 saturated carbocycles. The van der Waals surface area contributed by atoms with Gasteiger partial charge in [-0.3, -0.25) is 9.69 Å². The van der Waals surface area contributed by atoms with Crippen LogP contribution in [0.25, 0.3) is 10.2 Å². The predicted octanol–water partition coefficient (Wildman–Crippen LogP) is 2.60. The first-order valence-electron chi connectivity index (χ1n) is 9.70. The summed E-state index contributed by atoms with van der Waals surface area (Å²) in [6, 6.07) is 6.55. The minimum atomic E-state index is -4.65. The molecular weight excluding hydrogens is 431 g/mol. The van der Waals surface area contributed by atoms with Crippen LogP contribution in [0.4, 0.5) is 13.2 Å². The van der Waals surface area contributed by atoms with Crippen molar-refractivity contribution in [1.29, 1.82) is 0 Å². The minimum Gasteiger partial charge on any atom is -0.379 e. The maximum absolute atomic E-state index is 13.0. The zero-order valence-corrected chi connectivity index (χ0v) is 17.2. The number of rotatable bonds is 6. The Morgan fingerprint density at radius 3 is 2.71 bits per heavy atom. The van der Waals surface area contributed by atoms with Gasteiger partial charge in [-0.1, -0.05) is 6.07 Å². The van der Waals surface area contributed by atoms with Gasteiger partial charge >= 0.3 is 6.18 Å². The van der Waals surface area contributed by atoms with Crippen LogP contribution < -0.4 is 5.73 Å². The lowest BCUT2D eigenvalue weighted by atomic mass is 10.1. The van der Waals surface area contributed by atoms with Gasteiger partial charge < -0.3 is 10.5 Å². The molecule has 1 aliphatic rings. The van der Waals surface area contributed by atoms with E-state index in [9.17, 15) is 18.0 Å². The Bertz CT molecular complexity index is 1080. The van der Waals surface area contributed by atoms with Crippen molar-refractivity contribution in [2.45, 2.75) is 18.5 Å². The number of halogens is 3.